The minimum Gasteiger partial charge on any atom is -0.495 e. The number of hydrogen-bond donors (Lipinski definition) is 1. The van der Waals surface area contributed by atoms with E-state index in [1.54, 1.807) is 30.3 Å². The molecule has 0 saturated carbocycles. The molecule has 1 aliphatic rings. The van der Waals surface area contributed by atoms with Crippen molar-refractivity contribution >= 4 is 64.1 Å². The lowest BCUT2D eigenvalue weighted by Gasteiger charge is -2.36. The van der Waals surface area contributed by atoms with Crippen molar-refractivity contribution in [3.05, 3.63) is 57.0 Å². The zero-order chi connectivity index (χ0) is 24.0. The number of piperazine rings is 1. The van der Waals surface area contributed by atoms with Gasteiger partial charge in [0.15, 0.2) is 0 Å². The molecule has 0 atom stereocenters. The van der Waals surface area contributed by atoms with Crippen LogP contribution in [0.5, 0.6) is 5.75 Å². The molecule has 2 aromatic carbocycles. The molecule has 1 saturated heterocycles. The third kappa shape index (κ3) is 6.56. The second kappa shape index (κ2) is 11.6. The fourth-order valence-electron chi connectivity index (χ4n) is 3.68. The number of ether oxygens (including phenoxy) is 1. The summed E-state index contributed by atoms with van der Waals surface area (Å²) in [7, 11) is 1.50. The first-order valence-corrected chi connectivity index (χ1v) is 11.8. The lowest BCUT2D eigenvalue weighted by molar-refractivity contribution is -0.131. The third-order valence-corrected chi connectivity index (χ3v) is 6.11. The van der Waals surface area contributed by atoms with Crippen LogP contribution in [0, 0.1) is 0 Å². The van der Waals surface area contributed by atoms with Crippen LogP contribution in [-0.2, 0) is 9.59 Å². The van der Waals surface area contributed by atoms with Crippen molar-refractivity contribution in [2.24, 2.45) is 0 Å². The number of benzene rings is 2. The molecule has 1 heterocycles. The molecule has 1 fully saturated rings. The van der Waals surface area contributed by atoms with Crippen molar-refractivity contribution in [3.8, 4) is 5.75 Å². The molecule has 0 aliphatic carbocycles. The molecule has 9 heteroatoms. The summed E-state index contributed by atoms with van der Waals surface area (Å²) in [6.07, 6.45) is 4.40. The summed E-state index contributed by atoms with van der Waals surface area (Å²) in [6.45, 7) is 4.79. The minimum atomic E-state index is -0.333. The molecule has 6 nitrogen and oxygen atoms in total. The van der Waals surface area contributed by atoms with Crippen molar-refractivity contribution in [3.63, 3.8) is 0 Å². The van der Waals surface area contributed by atoms with Crippen molar-refractivity contribution in [1.82, 2.24) is 4.90 Å². The number of rotatable bonds is 7. The van der Waals surface area contributed by atoms with E-state index in [-0.39, 0.29) is 11.8 Å². The summed E-state index contributed by atoms with van der Waals surface area (Å²) in [4.78, 5) is 28.5. The van der Waals surface area contributed by atoms with Crippen molar-refractivity contribution in [2.45, 2.75) is 19.8 Å². The van der Waals surface area contributed by atoms with Crippen LogP contribution in [0.3, 0.4) is 0 Å². The molecule has 3 rings (SSSR count). The Labute approximate surface area is 209 Å². The summed E-state index contributed by atoms with van der Waals surface area (Å²) in [5.74, 6) is 0.307. The second-order valence-corrected chi connectivity index (χ2v) is 8.87. The highest BCUT2D eigenvalue weighted by Gasteiger charge is 2.22. The topological polar surface area (TPSA) is 61.9 Å². The highest BCUT2D eigenvalue weighted by atomic mass is 35.5. The molecule has 1 N–H and O–H groups in total. The Morgan fingerprint density at radius 2 is 1.79 bits per heavy atom. The number of nitrogens with zero attached hydrogens (tertiary/aromatic N) is 2. The largest absolute Gasteiger partial charge is 0.495 e. The molecule has 0 bridgehead atoms. The van der Waals surface area contributed by atoms with Gasteiger partial charge in [-0.25, -0.2) is 0 Å². The summed E-state index contributed by atoms with van der Waals surface area (Å²) < 4.78 is 5.28. The Morgan fingerprint density at radius 3 is 2.42 bits per heavy atom. The average Bonchev–Trinajstić information content (AvgIpc) is 2.78. The monoisotopic (exact) mass is 509 g/mol. The number of nitrogens with one attached hydrogen (secondary N) is 1. The van der Waals surface area contributed by atoms with Gasteiger partial charge in [0, 0.05) is 54.9 Å². The van der Waals surface area contributed by atoms with Gasteiger partial charge in [-0.15, -0.1) is 0 Å². The maximum atomic E-state index is 12.4. The number of amides is 2. The van der Waals surface area contributed by atoms with E-state index in [9.17, 15) is 9.59 Å². The molecule has 0 unspecified atom stereocenters. The van der Waals surface area contributed by atoms with Crippen LogP contribution in [0.25, 0.3) is 6.08 Å². The molecular formula is C24H26Cl3N3O3. The van der Waals surface area contributed by atoms with Gasteiger partial charge in [-0.1, -0.05) is 41.7 Å². The number of methoxy groups -OCH3 is 1. The van der Waals surface area contributed by atoms with Crippen LogP contribution in [-0.4, -0.2) is 50.0 Å². The maximum absolute atomic E-state index is 12.4. The van der Waals surface area contributed by atoms with E-state index in [1.807, 2.05) is 17.9 Å². The highest BCUT2D eigenvalue weighted by molar-refractivity contribution is 6.36. The minimum absolute atomic E-state index is 0.201. The van der Waals surface area contributed by atoms with Crippen LogP contribution in [0.4, 0.5) is 11.4 Å². The van der Waals surface area contributed by atoms with Gasteiger partial charge >= 0.3 is 0 Å². The van der Waals surface area contributed by atoms with Gasteiger partial charge in [0.05, 0.1) is 22.8 Å². The summed E-state index contributed by atoms with van der Waals surface area (Å²) >= 11 is 18.7. The Balaban J connectivity index is 1.62. The smallest absolute Gasteiger partial charge is 0.248 e. The number of anilines is 2. The van der Waals surface area contributed by atoms with E-state index in [4.69, 9.17) is 39.5 Å². The van der Waals surface area contributed by atoms with Crippen LogP contribution in [0.1, 0.15) is 25.3 Å². The number of hydrogen-bond acceptors (Lipinski definition) is 4. The summed E-state index contributed by atoms with van der Waals surface area (Å²) in [5.41, 5.74) is 2.05. The fourth-order valence-corrected chi connectivity index (χ4v) is 4.57. The highest BCUT2D eigenvalue weighted by Crippen LogP contribution is 2.33. The van der Waals surface area contributed by atoms with E-state index in [0.717, 1.165) is 12.1 Å². The van der Waals surface area contributed by atoms with Gasteiger partial charge in [-0.05, 0) is 42.8 Å². The number of halogens is 3. The van der Waals surface area contributed by atoms with Gasteiger partial charge in [-0.3, -0.25) is 9.59 Å². The van der Waals surface area contributed by atoms with E-state index in [2.05, 4.69) is 10.2 Å². The van der Waals surface area contributed by atoms with Crippen LogP contribution < -0.4 is 15.0 Å². The van der Waals surface area contributed by atoms with Crippen molar-refractivity contribution < 1.29 is 14.3 Å². The van der Waals surface area contributed by atoms with E-state index >= 15 is 0 Å². The Hall–Kier alpha value is -2.41. The summed E-state index contributed by atoms with van der Waals surface area (Å²) in [6, 6.07) is 8.64. The van der Waals surface area contributed by atoms with Gasteiger partial charge in [0.25, 0.3) is 0 Å². The molecule has 0 spiro atoms. The van der Waals surface area contributed by atoms with Crippen LogP contribution >= 0.6 is 34.8 Å². The lowest BCUT2D eigenvalue weighted by atomic mass is 10.2. The first kappa shape index (κ1) is 25.2. The maximum Gasteiger partial charge on any atom is 0.248 e. The predicted octanol–water partition coefficient (Wildman–Crippen LogP) is 5.76. The first-order valence-electron chi connectivity index (χ1n) is 10.7. The molecule has 33 heavy (non-hydrogen) atoms. The first-order chi connectivity index (χ1) is 15.8. The van der Waals surface area contributed by atoms with Crippen molar-refractivity contribution in [2.75, 3.05) is 43.5 Å². The molecule has 0 aromatic heterocycles. The fraction of sp³-hybridized carbons (Fsp3) is 0.333. The molecule has 0 radical (unpaired) electrons. The third-order valence-electron chi connectivity index (χ3n) is 5.31. The normalized spacial score (nSPS) is 14.0. The SMILES string of the molecule is CCCC(=O)N1CCN(c2ccc(NC(=O)C=Cc3cc(Cl)cc(Cl)c3OC)cc2Cl)CC1. The van der Waals surface area contributed by atoms with Crippen LogP contribution in [0.2, 0.25) is 15.1 Å². The van der Waals surface area contributed by atoms with E-state index in [1.165, 1.54) is 13.2 Å². The van der Waals surface area contributed by atoms with E-state index in [0.29, 0.717) is 64.7 Å². The predicted molar refractivity (Wildman–Crippen MR) is 136 cm³/mol. The van der Waals surface area contributed by atoms with Gasteiger partial charge in [0.1, 0.15) is 5.75 Å². The van der Waals surface area contributed by atoms with Gasteiger partial charge in [-0.2, -0.15) is 0 Å². The molecule has 2 amide bonds. The lowest BCUT2D eigenvalue weighted by Crippen LogP contribution is -2.48. The number of carbonyl (C=O) groups excluding carboxylic acids is 2. The van der Waals surface area contributed by atoms with Crippen molar-refractivity contribution in [1.29, 1.82) is 0 Å². The zero-order valence-corrected chi connectivity index (χ0v) is 20.8. The average molecular weight is 511 g/mol. The van der Waals surface area contributed by atoms with Gasteiger partial charge in [0.2, 0.25) is 11.8 Å². The standard InChI is InChI=1S/C24H26Cl3N3O3/c1-3-4-23(32)30-11-9-29(10-12-30)21-7-6-18(15-19(21)26)28-22(31)8-5-16-13-17(25)14-20(27)24(16)33-2/h5-8,13-15H,3-4,9-12H2,1-2H3,(H,28,31). The second-order valence-electron chi connectivity index (χ2n) is 7.62. The van der Waals surface area contributed by atoms with Crippen LogP contribution in [0.15, 0.2) is 36.4 Å². The number of carbonyl (C=O) groups is 2. The molecular weight excluding hydrogens is 485 g/mol. The molecule has 1 aliphatic heterocycles. The quantitative estimate of drug-likeness (QED) is 0.481. The Bertz CT molecular complexity index is 1050. The van der Waals surface area contributed by atoms with E-state index < -0.39 is 0 Å². The Morgan fingerprint density at radius 1 is 1.06 bits per heavy atom. The molecule has 176 valence electrons. The molecule has 2 aromatic rings. The Kier molecular flexibility index (Phi) is 8.89. The van der Waals surface area contributed by atoms with Gasteiger partial charge < -0.3 is 19.9 Å². The zero-order valence-electron chi connectivity index (χ0n) is 18.5. The summed E-state index contributed by atoms with van der Waals surface area (Å²) in [5, 5.41) is 4.14.